The van der Waals surface area contributed by atoms with Crippen LogP contribution in [0, 0.1) is 17.8 Å². The Kier molecular flexibility index (Phi) is 3.52. The summed E-state index contributed by atoms with van der Waals surface area (Å²) < 4.78 is 11.5. The molecular formula is C18H25NO4. The van der Waals surface area contributed by atoms with Gasteiger partial charge >= 0.3 is 5.97 Å². The molecule has 3 fully saturated rings. The Hall–Kier alpha value is -1.36. The maximum atomic E-state index is 13.0. The van der Waals surface area contributed by atoms with Crippen LogP contribution in [0.4, 0.5) is 0 Å². The third-order valence-electron chi connectivity index (χ3n) is 5.73. The van der Waals surface area contributed by atoms with Gasteiger partial charge in [-0.3, -0.25) is 9.59 Å². The number of amides is 1. The van der Waals surface area contributed by atoms with Gasteiger partial charge in [0.1, 0.15) is 11.5 Å². The van der Waals surface area contributed by atoms with Crippen LogP contribution in [0.15, 0.2) is 12.2 Å². The number of likely N-dealkylation sites (tertiary alicyclic amines) is 1. The number of carbonyl (C=O) groups is 2. The first kappa shape index (κ1) is 15.2. The largest absolute Gasteiger partial charge is 0.465 e. The SMILES string of the molecule is CC(C)COC(=O)[C@H]1[C@H]2C=C[C@@]3(CN(C4CCCC4)C(=O)[C@@H]13)O2. The minimum Gasteiger partial charge on any atom is -0.465 e. The first-order valence-corrected chi connectivity index (χ1v) is 8.86. The smallest absolute Gasteiger partial charge is 0.312 e. The van der Waals surface area contributed by atoms with Gasteiger partial charge in [-0.25, -0.2) is 0 Å². The van der Waals surface area contributed by atoms with Gasteiger partial charge in [0.25, 0.3) is 0 Å². The van der Waals surface area contributed by atoms with E-state index in [9.17, 15) is 9.59 Å². The van der Waals surface area contributed by atoms with Gasteiger partial charge in [0, 0.05) is 6.04 Å². The van der Waals surface area contributed by atoms with Crippen molar-refractivity contribution < 1.29 is 19.1 Å². The summed E-state index contributed by atoms with van der Waals surface area (Å²) >= 11 is 0. The average Bonchev–Trinajstić information content (AvgIpc) is 3.25. The van der Waals surface area contributed by atoms with Gasteiger partial charge in [0.2, 0.25) is 5.91 Å². The molecule has 0 aromatic heterocycles. The number of carbonyl (C=O) groups excluding carboxylic acids is 2. The van der Waals surface area contributed by atoms with Crippen molar-refractivity contribution in [3.8, 4) is 0 Å². The van der Waals surface area contributed by atoms with Crippen LogP contribution < -0.4 is 0 Å². The van der Waals surface area contributed by atoms with Crippen molar-refractivity contribution in [3.05, 3.63) is 12.2 Å². The molecule has 1 aliphatic carbocycles. The highest BCUT2D eigenvalue weighted by atomic mass is 16.6. The summed E-state index contributed by atoms with van der Waals surface area (Å²) in [5, 5.41) is 0. The molecule has 0 radical (unpaired) electrons. The number of esters is 1. The van der Waals surface area contributed by atoms with Gasteiger partial charge in [-0.15, -0.1) is 0 Å². The van der Waals surface area contributed by atoms with E-state index in [0.29, 0.717) is 19.2 Å². The zero-order valence-electron chi connectivity index (χ0n) is 13.9. The fourth-order valence-corrected chi connectivity index (χ4v) is 4.67. The highest BCUT2D eigenvalue weighted by Gasteiger charge is 2.67. The van der Waals surface area contributed by atoms with Crippen LogP contribution in [-0.2, 0) is 19.1 Å². The highest BCUT2D eigenvalue weighted by molar-refractivity contribution is 5.91. The Bertz CT molecular complexity index is 551. The lowest BCUT2D eigenvalue weighted by Gasteiger charge is -2.26. The van der Waals surface area contributed by atoms with Gasteiger partial charge in [-0.2, -0.15) is 0 Å². The number of nitrogens with zero attached hydrogens (tertiary/aromatic N) is 1. The van der Waals surface area contributed by atoms with Gasteiger partial charge in [0.15, 0.2) is 0 Å². The Balaban J connectivity index is 1.56. The fourth-order valence-electron chi connectivity index (χ4n) is 4.67. The lowest BCUT2D eigenvalue weighted by atomic mass is 9.77. The van der Waals surface area contributed by atoms with E-state index < -0.39 is 17.4 Å². The number of ether oxygens (including phenoxy) is 2. The van der Waals surface area contributed by atoms with Crippen molar-refractivity contribution in [2.45, 2.75) is 57.3 Å². The third kappa shape index (κ3) is 2.24. The van der Waals surface area contributed by atoms with E-state index in [-0.39, 0.29) is 23.9 Å². The van der Waals surface area contributed by atoms with Crippen LogP contribution in [0.25, 0.3) is 0 Å². The van der Waals surface area contributed by atoms with E-state index in [1.807, 2.05) is 30.9 Å². The molecule has 0 N–H and O–H groups in total. The second-order valence-corrected chi connectivity index (χ2v) is 7.83. The van der Waals surface area contributed by atoms with Gasteiger partial charge in [-0.05, 0) is 18.8 Å². The number of rotatable bonds is 4. The molecule has 5 heteroatoms. The van der Waals surface area contributed by atoms with Gasteiger partial charge in [-0.1, -0.05) is 38.8 Å². The first-order valence-electron chi connectivity index (χ1n) is 8.86. The van der Waals surface area contributed by atoms with Gasteiger partial charge < -0.3 is 14.4 Å². The van der Waals surface area contributed by atoms with Crippen LogP contribution >= 0.6 is 0 Å². The molecule has 2 bridgehead atoms. The molecule has 2 saturated heterocycles. The van der Waals surface area contributed by atoms with E-state index in [0.717, 1.165) is 12.8 Å². The lowest BCUT2D eigenvalue weighted by molar-refractivity contribution is -0.155. The van der Waals surface area contributed by atoms with Crippen LogP contribution in [0.2, 0.25) is 0 Å². The second kappa shape index (κ2) is 5.33. The van der Waals surface area contributed by atoms with Crippen LogP contribution in [0.1, 0.15) is 39.5 Å². The molecule has 5 nitrogen and oxygen atoms in total. The van der Waals surface area contributed by atoms with E-state index in [2.05, 4.69) is 0 Å². The summed E-state index contributed by atoms with van der Waals surface area (Å²) in [6, 6.07) is 0.325. The maximum absolute atomic E-state index is 13.0. The van der Waals surface area contributed by atoms with Crippen molar-refractivity contribution in [2.75, 3.05) is 13.2 Å². The predicted molar refractivity (Wildman–Crippen MR) is 83.5 cm³/mol. The van der Waals surface area contributed by atoms with E-state index in [4.69, 9.17) is 9.47 Å². The Morgan fingerprint density at radius 2 is 2.17 bits per heavy atom. The van der Waals surface area contributed by atoms with Crippen molar-refractivity contribution in [1.29, 1.82) is 0 Å². The van der Waals surface area contributed by atoms with Crippen molar-refractivity contribution in [1.82, 2.24) is 4.90 Å². The molecule has 23 heavy (non-hydrogen) atoms. The summed E-state index contributed by atoms with van der Waals surface area (Å²) in [5.41, 5.74) is -0.591. The standard InChI is InChI=1S/C18H25NO4/c1-11(2)9-22-17(21)14-13-7-8-18(23-13)10-19(16(20)15(14)18)12-5-3-4-6-12/h7-8,11-15H,3-6,9-10H2,1-2H3/t13-,14+,15-,18+/m1/s1. The minimum absolute atomic E-state index is 0.0928. The molecule has 4 atom stereocenters. The molecule has 0 aromatic rings. The van der Waals surface area contributed by atoms with Crippen LogP contribution in [0.3, 0.4) is 0 Å². The quantitative estimate of drug-likeness (QED) is 0.587. The van der Waals surface area contributed by atoms with Crippen molar-refractivity contribution in [3.63, 3.8) is 0 Å². The monoisotopic (exact) mass is 319 g/mol. The molecular weight excluding hydrogens is 294 g/mol. The zero-order valence-corrected chi connectivity index (χ0v) is 13.9. The minimum atomic E-state index is -0.591. The van der Waals surface area contributed by atoms with Crippen molar-refractivity contribution in [2.24, 2.45) is 17.8 Å². The Labute approximate surface area is 137 Å². The summed E-state index contributed by atoms with van der Waals surface area (Å²) in [6.45, 7) is 5.01. The molecule has 1 saturated carbocycles. The van der Waals surface area contributed by atoms with Crippen molar-refractivity contribution >= 4 is 11.9 Å². The maximum Gasteiger partial charge on any atom is 0.312 e. The molecule has 1 spiro atoms. The van der Waals surface area contributed by atoms with Crippen LogP contribution in [0.5, 0.6) is 0 Å². The van der Waals surface area contributed by atoms with Gasteiger partial charge in [0.05, 0.1) is 25.2 Å². The Morgan fingerprint density at radius 1 is 1.43 bits per heavy atom. The molecule has 3 aliphatic heterocycles. The summed E-state index contributed by atoms with van der Waals surface area (Å²) in [7, 11) is 0. The molecule has 4 aliphatic rings. The molecule has 0 unspecified atom stereocenters. The number of hydrogen-bond acceptors (Lipinski definition) is 4. The Morgan fingerprint density at radius 3 is 2.87 bits per heavy atom. The molecule has 4 rings (SSSR count). The molecule has 3 heterocycles. The average molecular weight is 319 g/mol. The summed E-state index contributed by atoms with van der Waals surface area (Å²) in [4.78, 5) is 27.5. The van der Waals surface area contributed by atoms with E-state index in [1.165, 1.54) is 12.8 Å². The number of hydrogen-bond donors (Lipinski definition) is 0. The normalized spacial score (nSPS) is 38.8. The predicted octanol–water partition coefficient (Wildman–Crippen LogP) is 1.91. The summed E-state index contributed by atoms with van der Waals surface area (Å²) in [5.74, 6) is -0.760. The van der Waals surface area contributed by atoms with E-state index in [1.54, 1.807) is 0 Å². The fraction of sp³-hybridized carbons (Fsp3) is 0.778. The summed E-state index contributed by atoms with van der Waals surface area (Å²) in [6.07, 6.45) is 8.18. The zero-order chi connectivity index (χ0) is 16.2. The number of fused-ring (bicyclic) bond motifs is 1. The lowest BCUT2D eigenvalue weighted by Crippen LogP contribution is -2.41. The second-order valence-electron chi connectivity index (χ2n) is 7.83. The molecule has 0 aromatic carbocycles. The molecule has 126 valence electrons. The third-order valence-corrected chi connectivity index (χ3v) is 5.73. The molecule has 1 amide bonds. The first-order chi connectivity index (χ1) is 11.0. The topological polar surface area (TPSA) is 55.8 Å². The highest BCUT2D eigenvalue weighted by Crippen LogP contribution is 2.53. The van der Waals surface area contributed by atoms with Crippen LogP contribution in [-0.4, -0.2) is 47.7 Å². The van der Waals surface area contributed by atoms with E-state index >= 15 is 0 Å².